The third-order valence-corrected chi connectivity index (χ3v) is 10.6. The van der Waals surface area contributed by atoms with Crippen LogP contribution < -0.4 is 11.0 Å². The van der Waals surface area contributed by atoms with Gasteiger partial charge in [0.25, 0.3) is 23.3 Å². The molecule has 2 aromatic heterocycles. The van der Waals surface area contributed by atoms with Crippen molar-refractivity contribution in [3.63, 3.8) is 0 Å². The van der Waals surface area contributed by atoms with Gasteiger partial charge < -0.3 is 0 Å². The van der Waals surface area contributed by atoms with Gasteiger partial charge in [-0.1, -0.05) is 20.0 Å². The summed E-state index contributed by atoms with van der Waals surface area (Å²) >= 11 is 0. The molecule has 0 saturated heterocycles. The molecular formula is C33F16N8+2. The summed E-state index contributed by atoms with van der Waals surface area (Å²) in [7, 11) is 0. The number of aromatic nitrogens is 2. The molecule has 6 aliphatic rings. The molecule has 0 atom stereocenters. The molecule has 12 rings (SSSR count). The number of hydrogen-bond donors (Lipinski definition) is 0. The molecule has 57 heavy (non-hydrogen) atoms. The third-order valence-electron chi connectivity index (χ3n) is 10.6. The van der Waals surface area contributed by atoms with E-state index in [0.29, 0.717) is 18.3 Å². The topological polar surface area (TPSA) is 65.3 Å². The van der Waals surface area contributed by atoms with E-state index in [1.54, 1.807) is 0 Å². The number of fused-ring (bicyclic) bond motifs is 12. The first-order chi connectivity index (χ1) is 27.0. The number of halogens is 16. The van der Waals surface area contributed by atoms with E-state index >= 15 is 70.2 Å². The average molecular weight is 812 g/mol. The van der Waals surface area contributed by atoms with Gasteiger partial charge >= 0.3 is 5.91 Å². The zero-order valence-electron chi connectivity index (χ0n) is 26.1. The molecule has 8 nitrogen and oxygen atoms in total. The van der Waals surface area contributed by atoms with E-state index in [4.69, 9.17) is 0 Å². The Morgan fingerprint density at radius 3 is 0.965 bits per heavy atom. The number of rotatable bonds is 0. The first-order valence-electron chi connectivity index (χ1n) is 15.5. The average Bonchev–Trinajstić information content (AvgIpc) is 3.92. The van der Waals surface area contributed by atoms with E-state index in [-0.39, 0.29) is 0 Å². The lowest BCUT2D eigenvalue weighted by Gasteiger charge is -2.40. The number of amidine groups is 4. The minimum absolute atomic E-state index is 0.385. The van der Waals surface area contributed by atoms with Crippen LogP contribution in [0.25, 0.3) is 21.5 Å². The van der Waals surface area contributed by atoms with Gasteiger partial charge in [0.15, 0.2) is 93.1 Å². The van der Waals surface area contributed by atoms with Crippen LogP contribution in [0, 0.1) is 93.1 Å². The summed E-state index contributed by atoms with van der Waals surface area (Å²) in [6.07, 6.45) is 0. The summed E-state index contributed by atoms with van der Waals surface area (Å²) in [5.41, 5.74) is -8.19. The number of benzene rings is 4. The number of aliphatic imine (C=N–C) groups is 2. The summed E-state index contributed by atoms with van der Waals surface area (Å²) in [6.45, 7) is 0. The highest BCUT2D eigenvalue weighted by Gasteiger charge is 2.72. The largest absolute Gasteiger partial charge is 0.404 e. The number of hydrogen-bond acceptors (Lipinski definition) is 4. The fourth-order valence-corrected chi connectivity index (χ4v) is 8.49. The van der Waals surface area contributed by atoms with Crippen LogP contribution in [0.5, 0.6) is 0 Å². The van der Waals surface area contributed by atoms with Gasteiger partial charge in [-0.2, -0.15) is 9.13 Å². The summed E-state index contributed by atoms with van der Waals surface area (Å²) in [6, 6.07) is 0. The van der Waals surface area contributed by atoms with Gasteiger partial charge in [0, 0.05) is 0 Å². The Kier molecular flexibility index (Phi) is 5.23. The minimum Gasteiger partial charge on any atom is -0.203 e. The Bertz CT molecular complexity index is 3320. The zero-order chi connectivity index (χ0) is 40.1. The fourth-order valence-electron chi connectivity index (χ4n) is 8.49. The molecule has 8 heterocycles. The molecule has 6 aromatic rings. The summed E-state index contributed by atoms with van der Waals surface area (Å²) in [5, 5.41) is -5.70. The minimum atomic E-state index is -3.34. The molecule has 1 spiro atoms. The van der Waals surface area contributed by atoms with Crippen LogP contribution >= 0.6 is 0 Å². The second kappa shape index (κ2) is 9.21. The fraction of sp³-hybridized carbons (Fsp3) is 0.0303. The van der Waals surface area contributed by atoms with Crippen molar-refractivity contribution in [1.29, 1.82) is 0 Å². The molecule has 0 radical (unpaired) electrons. The first-order valence-corrected chi connectivity index (χ1v) is 15.5. The molecule has 0 amide bonds. The second-order valence-electron chi connectivity index (χ2n) is 13.0. The standard InChI is InChI=1S/C33F16N8/c34-9-1-2(10(35)18(43)17(9)42)26-51-28-5-6(14(39)22(47)21(46)13(5)38)30-53-32-8-7(15(40)23(48)24(49)16(8)41)31-52-29-4-3(11(36)19(44)20(45)12(4)37)27-50-25(1)54(26)33(55(27)29,56(28)30)57(31)32/q+2. The molecule has 6 aliphatic heterocycles. The van der Waals surface area contributed by atoms with Crippen molar-refractivity contribution in [3.05, 3.63) is 126 Å². The van der Waals surface area contributed by atoms with Crippen molar-refractivity contribution in [3.8, 4) is 0 Å². The quantitative estimate of drug-likeness (QED) is 0.0791. The van der Waals surface area contributed by atoms with Gasteiger partial charge in [0.2, 0.25) is 22.6 Å². The van der Waals surface area contributed by atoms with Gasteiger partial charge in [0.05, 0.1) is 21.5 Å². The Hall–Kier alpha value is -6.88. The maximum atomic E-state index is 16.0. The van der Waals surface area contributed by atoms with Crippen molar-refractivity contribution >= 4 is 56.5 Å². The molecule has 4 aromatic carbocycles. The SMILES string of the molecule is Fc1c(F)c(F)c2c(c1F)C1=Nc3c4c(F)c(F)c(F)c(F)c4c4n3C35n6c(c7c(F)c(F)c(F)c(F)c7c6=NC6=[N+]3C(=N4)c3c(F)c(F)c(F)c(F)c36)=NC2=[N+]15. The maximum Gasteiger partial charge on any atom is 0.404 e. The van der Waals surface area contributed by atoms with Crippen LogP contribution in [-0.4, -0.2) is 41.6 Å². The van der Waals surface area contributed by atoms with Crippen molar-refractivity contribution < 1.29 is 79.4 Å². The second-order valence-corrected chi connectivity index (χ2v) is 13.0. The molecule has 282 valence electrons. The smallest absolute Gasteiger partial charge is 0.203 e. The third kappa shape index (κ3) is 2.92. The van der Waals surface area contributed by atoms with Crippen LogP contribution in [-0.2, 0) is 5.91 Å². The van der Waals surface area contributed by atoms with E-state index in [2.05, 4.69) is 20.0 Å². The Labute approximate surface area is 297 Å². The predicted molar refractivity (Wildman–Crippen MR) is 153 cm³/mol. The molecule has 24 heteroatoms. The molecule has 0 unspecified atom stereocenters. The highest BCUT2D eigenvalue weighted by molar-refractivity contribution is 6.20. The lowest BCUT2D eigenvalue weighted by molar-refractivity contribution is -0.790. The van der Waals surface area contributed by atoms with E-state index in [0.717, 1.165) is 0 Å². The van der Waals surface area contributed by atoms with E-state index < -0.39 is 189 Å². The highest BCUT2D eigenvalue weighted by Crippen LogP contribution is 2.55. The Balaban J connectivity index is 1.47. The monoisotopic (exact) mass is 812 g/mol. The molecule has 0 N–H and O–H groups in total. The van der Waals surface area contributed by atoms with Crippen LogP contribution in [0.15, 0.2) is 20.0 Å². The van der Waals surface area contributed by atoms with Crippen molar-refractivity contribution in [2.45, 2.75) is 5.91 Å². The van der Waals surface area contributed by atoms with Crippen LogP contribution in [0.2, 0.25) is 0 Å². The van der Waals surface area contributed by atoms with Crippen LogP contribution in [0.1, 0.15) is 22.3 Å². The van der Waals surface area contributed by atoms with Gasteiger partial charge in [-0.05, 0) is 0 Å². The molecule has 0 saturated carbocycles. The van der Waals surface area contributed by atoms with Crippen molar-refractivity contribution in [2.75, 3.05) is 0 Å². The molecule has 0 bridgehead atoms. The summed E-state index contributed by atoms with van der Waals surface area (Å²) in [4.78, 5) is 15.8. The molecule has 0 fully saturated rings. The van der Waals surface area contributed by atoms with Gasteiger partial charge in [-0.3, -0.25) is 0 Å². The van der Waals surface area contributed by atoms with Crippen LogP contribution in [0.3, 0.4) is 0 Å². The normalized spacial score (nSPS) is 16.9. The molecular weight excluding hydrogens is 812 g/mol. The van der Waals surface area contributed by atoms with Crippen molar-refractivity contribution in [1.82, 2.24) is 9.13 Å². The lowest BCUT2D eigenvalue weighted by atomic mass is 10.1. The van der Waals surface area contributed by atoms with Gasteiger partial charge in [0.1, 0.15) is 22.3 Å². The van der Waals surface area contributed by atoms with Gasteiger partial charge in [-0.15, -0.1) is 9.15 Å². The summed E-state index contributed by atoms with van der Waals surface area (Å²) < 4.78 is 250. The Morgan fingerprint density at radius 1 is 0.316 bits per heavy atom. The highest BCUT2D eigenvalue weighted by atomic mass is 19.2. The predicted octanol–water partition coefficient (Wildman–Crippen LogP) is 5.93. The van der Waals surface area contributed by atoms with Crippen LogP contribution in [0.4, 0.5) is 81.9 Å². The first kappa shape index (κ1) is 32.4. The van der Waals surface area contributed by atoms with E-state index in [9.17, 15) is 0 Å². The molecule has 0 aliphatic carbocycles. The van der Waals surface area contributed by atoms with Crippen molar-refractivity contribution in [2.24, 2.45) is 20.0 Å². The zero-order valence-corrected chi connectivity index (χ0v) is 26.1. The number of nitrogens with zero attached hydrogens (tertiary/aromatic N) is 8. The maximum absolute atomic E-state index is 16.0. The lowest BCUT2D eigenvalue weighted by Crippen LogP contribution is -2.71. The van der Waals surface area contributed by atoms with E-state index in [1.807, 2.05) is 0 Å². The van der Waals surface area contributed by atoms with Gasteiger partial charge in [-0.25, -0.2) is 70.2 Å². The summed E-state index contributed by atoms with van der Waals surface area (Å²) in [5.74, 6) is -49.3. The Morgan fingerprint density at radius 2 is 0.614 bits per heavy atom. The van der Waals surface area contributed by atoms with E-state index in [1.165, 1.54) is 0 Å².